The maximum atomic E-state index is 5.38. The van der Waals surface area contributed by atoms with Gasteiger partial charge in [-0.2, -0.15) is 0 Å². The fourth-order valence-corrected chi connectivity index (χ4v) is 8.30. The zero-order chi connectivity index (χ0) is 32.8. The Morgan fingerprint density at radius 1 is 0.360 bits per heavy atom. The Hall–Kier alpha value is -6.71. The Morgan fingerprint density at radius 3 is 1.66 bits per heavy atom. The minimum atomic E-state index is 0.910. The molecule has 0 amide bonds. The van der Waals surface area contributed by atoms with Crippen molar-refractivity contribution in [3.8, 4) is 22.6 Å². The van der Waals surface area contributed by atoms with Crippen LogP contribution in [-0.2, 0) is 0 Å². The summed E-state index contributed by atoms with van der Waals surface area (Å²) < 4.78 is 4.76. The molecule has 0 saturated carbocycles. The van der Waals surface area contributed by atoms with Gasteiger partial charge in [0.1, 0.15) is 5.82 Å². The quantitative estimate of drug-likeness (QED) is 0.189. The van der Waals surface area contributed by atoms with Crippen molar-refractivity contribution >= 4 is 76.1 Å². The number of rotatable bonds is 3. The topological polar surface area (TPSA) is 22.8 Å². The second kappa shape index (κ2) is 10.4. The molecule has 11 rings (SSSR count). The summed E-state index contributed by atoms with van der Waals surface area (Å²) in [6.07, 6.45) is 0. The molecule has 0 N–H and O–H groups in total. The molecule has 232 valence electrons. The zero-order valence-corrected chi connectivity index (χ0v) is 27.1. The Balaban J connectivity index is 1.24. The monoisotopic (exact) mass is 635 g/mol. The lowest BCUT2D eigenvalue weighted by Gasteiger charge is -2.14. The van der Waals surface area contributed by atoms with E-state index < -0.39 is 0 Å². The Morgan fingerprint density at radius 2 is 0.940 bits per heavy atom. The molecule has 0 spiro atoms. The first-order valence-electron chi connectivity index (χ1n) is 17.1. The van der Waals surface area contributed by atoms with Gasteiger partial charge in [0, 0.05) is 32.6 Å². The van der Waals surface area contributed by atoms with Crippen LogP contribution in [0.3, 0.4) is 0 Å². The molecular formula is C47H29N3. The van der Waals surface area contributed by atoms with Crippen molar-refractivity contribution in [2.75, 3.05) is 0 Å². The number of nitrogens with zero attached hydrogens (tertiary/aromatic N) is 3. The van der Waals surface area contributed by atoms with E-state index in [9.17, 15) is 0 Å². The van der Waals surface area contributed by atoms with Crippen molar-refractivity contribution in [2.45, 2.75) is 0 Å². The fourth-order valence-electron chi connectivity index (χ4n) is 8.30. The molecule has 0 bridgehead atoms. The molecule has 3 heterocycles. The first-order valence-corrected chi connectivity index (χ1v) is 17.1. The van der Waals surface area contributed by atoms with E-state index in [0.29, 0.717) is 0 Å². The molecule has 0 atom stereocenters. The molecular weight excluding hydrogens is 607 g/mol. The maximum absolute atomic E-state index is 5.38. The van der Waals surface area contributed by atoms with Crippen molar-refractivity contribution in [1.29, 1.82) is 0 Å². The second-order valence-electron chi connectivity index (χ2n) is 13.2. The van der Waals surface area contributed by atoms with Gasteiger partial charge in [-0.15, -0.1) is 0 Å². The van der Waals surface area contributed by atoms with E-state index in [2.05, 4.69) is 185 Å². The number of hydrogen-bond donors (Lipinski definition) is 0. The lowest BCUT2D eigenvalue weighted by atomic mass is 9.99. The summed E-state index contributed by atoms with van der Waals surface area (Å²) in [5.74, 6) is 0.910. The molecule has 3 nitrogen and oxygen atoms in total. The lowest BCUT2D eigenvalue weighted by Crippen LogP contribution is -1.99. The maximum Gasteiger partial charge on any atom is 0.138 e. The third kappa shape index (κ3) is 3.83. The average Bonchev–Trinajstić information content (AvgIpc) is 3.71. The van der Waals surface area contributed by atoms with Crippen LogP contribution >= 0.6 is 0 Å². The summed E-state index contributed by atoms with van der Waals surface area (Å²) in [6, 6.07) is 63.6. The highest BCUT2D eigenvalue weighted by Gasteiger charge is 2.20. The third-order valence-electron chi connectivity index (χ3n) is 10.5. The number of hydrogen-bond acceptors (Lipinski definition) is 1. The summed E-state index contributed by atoms with van der Waals surface area (Å²) in [4.78, 5) is 5.38. The van der Waals surface area contributed by atoms with Crippen LogP contribution in [0.25, 0.3) is 98.7 Å². The average molecular weight is 636 g/mol. The Bertz CT molecular complexity index is 3050. The number of aromatic nitrogens is 3. The standard InChI is InChI=1S/C47H29N3/c1-2-14-33(15-3-1)49-41-21-11-9-19-37(41)38-25-22-32(28-44(38)49)39-29-45(48-40-20-10-8-18-36(39)40)50-42-26-23-30-12-4-6-16-34(30)46(42)47-35-17-7-5-13-31(35)24-27-43(47)50/h1-29H. The molecule has 8 aromatic carbocycles. The van der Waals surface area contributed by atoms with E-state index >= 15 is 0 Å². The smallest absolute Gasteiger partial charge is 0.138 e. The minimum Gasteiger partial charge on any atom is -0.309 e. The highest BCUT2D eigenvalue weighted by atomic mass is 15.1. The highest BCUT2D eigenvalue weighted by Crippen LogP contribution is 2.42. The summed E-state index contributed by atoms with van der Waals surface area (Å²) in [5, 5.41) is 11.1. The summed E-state index contributed by atoms with van der Waals surface area (Å²) in [7, 11) is 0. The molecule has 0 fully saturated rings. The van der Waals surface area contributed by atoms with E-state index in [0.717, 1.165) is 44.6 Å². The largest absolute Gasteiger partial charge is 0.309 e. The van der Waals surface area contributed by atoms with Gasteiger partial charge >= 0.3 is 0 Å². The van der Waals surface area contributed by atoms with Gasteiger partial charge < -0.3 is 4.57 Å². The summed E-state index contributed by atoms with van der Waals surface area (Å²) >= 11 is 0. The van der Waals surface area contributed by atoms with Gasteiger partial charge in [-0.05, 0) is 81.2 Å². The Labute approximate surface area is 287 Å². The second-order valence-corrected chi connectivity index (χ2v) is 13.2. The zero-order valence-electron chi connectivity index (χ0n) is 27.1. The SMILES string of the molecule is c1ccc(-n2c3ccccc3c3ccc(-c4cc(-n5c6ccc7ccccc7c6c6c7ccccc7ccc65)nc5ccccc45)cc32)cc1. The fraction of sp³-hybridized carbons (Fsp3) is 0. The first kappa shape index (κ1) is 27.3. The van der Waals surface area contributed by atoms with Crippen LogP contribution in [0.5, 0.6) is 0 Å². The van der Waals surface area contributed by atoms with Gasteiger partial charge in [0.15, 0.2) is 0 Å². The first-order chi connectivity index (χ1) is 24.8. The molecule has 0 unspecified atom stereocenters. The molecule has 0 saturated heterocycles. The predicted octanol–water partition coefficient (Wildman–Crippen LogP) is 12.4. The molecule has 3 aromatic heterocycles. The number of fused-ring (bicyclic) bond motifs is 11. The molecule has 0 radical (unpaired) electrons. The molecule has 3 heteroatoms. The van der Waals surface area contributed by atoms with Gasteiger partial charge in [-0.3, -0.25) is 4.57 Å². The third-order valence-corrected chi connectivity index (χ3v) is 10.5. The van der Waals surface area contributed by atoms with Gasteiger partial charge in [0.05, 0.1) is 27.6 Å². The van der Waals surface area contributed by atoms with Crippen LogP contribution < -0.4 is 0 Å². The van der Waals surface area contributed by atoms with Gasteiger partial charge in [-0.25, -0.2) is 4.98 Å². The molecule has 0 aliphatic rings. The van der Waals surface area contributed by atoms with E-state index in [1.807, 2.05) is 0 Å². The van der Waals surface area contributed by atoms with E-state index in [1.165, 1.54) is 54.1 Å². The predicted molar refractivity (Wildman–Crippen MR) is 211 cm³/mol. The van der Waals surface area contributed by atoms with Crippen LogP contribution in [0.4, 0.5) is 0 Å². The molecule has 0 aliphatic heterocycles. The van der Waals surface area contributed by atoms with E-state index in [4.69, 9.17) is 4.98 Å². The van der Waals surface area contributed by atoms with Gasteiger partial charge in [0.25, 0.3) is 0 Å². The van der Waals surface area contributed by atoms with Crippen LogP contribution in [0.15, 0.2) is 176 Å². The van der Waals surface area contributed by atoms with Gasteiger partial charge in [-0.1, -0.05) is 127 Å². The number of para-hydroxylation sites is 3. The summed E-state index contributed by atoms with van der Waals surface area (Å²) in [5.41, 5.74) is 9.15. The normalized spacial score (nSPS) is 12.0. The summed E-state index contributed by atoms with van der Waals surface area (Å²) in [6.45, 7) is 0. The molecule has 0 aliphatic carbocycles. The minimum absolute atomic E-state index is 0.910. The number of pyridine rings is 1. The van der Waals surface area contributed by atoms with Crippen molar-refractivity contribution < 1.29 is 0 Å². The van der Waals surface area contributed by atoms with Crippen molar-refractivity contribution in [1.82, 2.24) is 14.1 Å². The molecule has 50 heavy (non-hydrogen) atoms. The molecule has 11 aromatic rings. The van der Waals surface area contributed by atoms with E-state index in [-0.39, 0.29) is 0 Å². The van der Waals surface area contributed by atoms with Crippen molar-refractivity contribution in [3.63, 3.8) is 0 Å². The van der Waals surface area contributed by atoms with Crippen molar-refractivity contribution in [3.05, 3.63) is 176 Å². The highest BCUT2D eigenvalue weighted by molar-refractivity contribution is 6.28. The lowest BCUT2D eigenvalue weighted by molar-refractivity contribution is 1.10. The van der Waals surface area contributed by atoms with Crippen LogP contribution in [-0.4, -0.2) is 14.1 Å². The Kier molecular flexibility index (Phi) is 5.67. The van der Waals surface area contributed by atoms with Gasteiger partial charge in [0.2, 0.25) is 0 Å². The van der Waals surface area contributed by atoms with Crippen molar-refractivity contribution in [2.24, 2.45) is 0 Å². The number of benzene rings is 8. The van der Waals surface area contributed by atoms with Crippen LogP contribution in [0.2, 0.25) is 0 Å². The van der Waals surface area contributed by atoms with Crippen LogP contribution in [0, 0.1) is 0 Å². The van der Waals surface area contributed by atoms with Crippen LogP contribution in [0.1, 0.15) is 0 Å². The van der Waals surface area contributed by atoms with E-state index in [1.54, 1.807) is 0 Å².